The van der Waals surface area contributed by atoms with Gasteiger partial charge in [0.25, 0.3) is 0 Å². The van der Waals surface area contributed by atoms with Crippen LogP contribution in [0, 0.1) is 0 Å². The highest BCUT2D eigenvalue weighted by molar-refractivity contribution is 9.10. The Morgan fingerprint density at radius 2 is 2.00 bits per heavy atom. The molecule has 5 heteroatoms. The maximum Gasteiger partial charge on any atom is 0.196 e. The van der Waals surface area contributed by atoms with Crippen LogP contribution in [0.3, 0.4) is 0 Å². The minimum atomic E-state index is -0.188. The van der Waals surface area contributed by atoms with Crippen LogP contribution in [-0.2, 0) is 0 Å². The molecule has 0 radical (unpaired) electrons. The van der Waals surface area contributed by atoms with Gasteiger partial charge in [0, 0.05) is 20.7 Å². The van der Waals surface area contributed by atoms with Crippen molar-refractivity contribution in [1.82, 2.24) is 0 Å². The van der Waals surface area contributed by atoms with Gasteiger partial charge in [0.05, 0.1) is 12.7 Å². The molecule has 0 spiro atoms. The van der Waals surface area contributed by atoms with Crippen LogP contribution in [0.5, 0.6) is 5.75 Å². The molecule has 0 aliphatic heterocycles. The van der Waals surface area contributed by atoms with Crippen molar-refractivity contribution in [2.24, 2.45) is 0 Å². The number of ether oxygens (including phenoxy) is 1. The summed E-state index contributed by atoms with van der Waals surface area (Å²) in [5.74, 6) is 0.292. The number of hydrogen-bond acceptors (Lipinski definition) is 3. The maximum atomic E-state index is 12.5. The van der Waals surface area contributed by atoms with E-state index in [4.69, 9.17) is 22.1 Å². The molecule has 0 aliphatic carbocycles. The Morgan fingerprint density at radius 1 is 1.26 bits per heavy atom. The zero-order valence-corrected chi connectivity index (χ0v) is 12.5. The summed E-state index contributed by atoms with van der Waals surface area (Å²) >= 11 is 9.24. The van der Waals surface area contributed by atoms with Gasteiger partial charge in [-0.15, -0.1) is 0 Å². The number of carbonyl (C=O) groups excluding carboxylic acids is 1. The lowest BCUT2D eigenvalue weighted by molar-refractivity contribution is 0.103. The average molecular weight is 341 g/mol. The topological polar surface area (TPSA) is 52.3 Å². The van der Waals surface area contributed by atoms with Crippen LogP contribution in [0.25, 0.3) is 0 Å². The number of nitrogen functional groups attached to an aromatic ring is 1. The molecule has 0 saturated carbocycles. The molecule has 0 aromatic heterocycles. The van der Waals surface area contributed by atoms with E-state index in [1.165, 1.54) is 7.11 Å². The van der Waals surface area contributed by atoms with Gasteiger partial charge in [-0.3, -0.25) is 4.79 Å². The first-order valence-electron chi connectivity index (χ1n) is 5.45. The number of nitrogens with two attached hydrogens (primary N) is 1. The fraction of sp³-hybridized carbons (Fsp3) is 0.0714. The fourth-order valence-electron chi connectivity index (χ4n) is 1.76. The molecule has 2 N–H and O–H groups in total. The summed E-state index contributed by atoms with van der Waals surface area (Å²) in [7, 11) is 1.51. The molecule has 2 rings (SSSR count). The molecular formula is C14H11BrClNO2. The van der Waals surface area contributed by atoms with Crippen molar-refractivity contribution in [2.45, 2.75) is 0 Å². The second kappa shape index (κ2) is 5.63. The second-order valence-corrected chi connectivity index (χ2v) is 5.30. The molecule has 0 amide bonds. The first kappa shape index (κ1) is 13.9. The average Bonchev–Trinajstić information content (AvgIpc) is 2.36. The molecule has 19 heavy (non-hydrogen) atoms. The monoisotopic (exact) mass is 339 g/mol. The fourth-order valence-corrected chi connectivity index (χ4v) is 2.44. The molecule has 0 heterocycles. The first-order valence-corrected chi connectivity index (χ1v) is 6.62. The van der Waals surface area contributed by atoms with Crippen LogP contribution in [-0.4, -0.2) is 12.9 Å². The Balaban J connectivity index is 2.52. The van der Waals surface area contributed by atoms with Gasteiger partial charge in [-0.25, -0.2) is 0 Å². The lowest BCUT2D eigenvalue weighted by Crippen LogP contribution is -2.05. The standard InChI is InChI=1S/C14H11BrClNO2/c1-19-13-3-2-10(16)7-12(13)14(18)8-4-9(15)6-11(17)5-8/h2-7H,17H2,1H3. The highest BCUT2D eigenvalue weighted by Crippen LogP contribution is 2.27. The number of methoxy groups -OCH3 is 1. The summed E-state index contributed by atoms with van der Waals surface area (Å²) in [4.78, 5) is 12.5. The van der Waals surface area contributed by atoms with Crippen LogP contribution in [0.1, 0.15) is 15.9 Å². The minimum absolute atomic E-state index is 0.188. The number of ketones is 1. The van der Waals surface area contributed by atoms with Gasteiger partial charge in [-0.05, 0) is 36.4 Å². The highest BCUT2D eigenvalue weighted by Gasteiger charge is 2.16. The van der Waals surface area contributed by atoms with E-state index < -0.39 is 0 Å². The van der Waals surface area contributed by atoms with Gasteiger partial charge in [0.1, 0.15) is 5.75 Å². The quantitative estimate of drug-likeness (QED) is 0.680. The molecule has 2 aromatic rings. The smallest absolute Gasteiger partial charge is 0.196 e. The molecule has 0 aliphatic rings. The summed E-state index contributed by atoms with van der Waals surface area (Å²) in [5, 5.41) is 0.479. The summed E-state index contributed by atoms with van der Waals surface area (Å²) in [6, 6.07) is 9.97. The molecule has 0 atom stereocenters. The Bertz CT molecular complexity index is 623. The SMILES string of the molecule is COc1ccc(Cl)cc1C(=O)c1cc(N)cc(Br)c1. The van der Waals surface area contributed by atoms with Gasteiger partial charge < -0.3 is 10.5 Å². The van der Waals surface area contributed by atoms with Gasteiger partial charge in [-0.2, -0.15) is 0 Å². The van der Waals surface area contributed by atoms with Crippen LogP contribution in [0.15, 0.2) is 40.9 Å². The van der Waals surface area contributed by atoms with Gasteiger partial charge in [-0.1, -0.05) is 27.5 Å². The molecule has 98 valence electrons. The third-order valence-corrected chi connectivity index (χ3v) is 3.28. The van der Waals surface area contributed by atoms with E-state index in [1.54, 1.807) is 36.4 Å². The predicted octanol–water partition coefficient (Wildman–Crippen LogP) is 3.92. The molecule has 0 unspecified atom stereocenters. The van der Waals surface area contributed by atoms with Crippen molar-refractivity contribution in [3.63, 3.8) is 0 Å². The van der Waals surface area contributed by atoms with E-state index in [1.807, 2.05) is 0 Å². The molecule has 0 bridgehead atoms. The zero-order chi connectivity index (χ0) is 14.0. The number of hydrogen-bond donors (Lipinski definition) is 1. The van der Waals surface area contributed by atoms with E-state index in [0.717, 1.165) is 4.47 Å². The van der Waals surface area contributed by atoms with E-state index in [0.29, 0.717) is 27.6 Å². The minimum Gasteiger partial charge on any atom is -0.496 e. The normalized spacial score (nSPS) is 10.3. The van der Waals surface area contributed by atoms with Gasteiger partial charge in [0.15, 0.2) is 5.78 Å². The number of carbonyl (C=O) groups is 1. The third kappa shape index (κ3) is 3.08. The van der Waals surface area contributed by atoms with Crippen molar-refractivity contribution in [3.05, 3.63) is 57.0 Å². The molecule has 0 fully saturated rings. The van der Waals surface area contributed by atoms with Crippen molar-refractivity contribution in [3.8, 4) is 5.75 Å². The number of halogens is 2. The van der Waals surface area contributed by atoms with E-state index in [2.05, 4.69) is 15.9 Å². The van der Waals surface area contributed by atoms with E-state index >= 15 is 0 Å². The molecule has 0 saturated heterocycles. The van der Waals surface area contributed by atoms with Crippen molar-refractivity contribution in [1.29, 1.82) is 0 Å². The van der Waals surface area contributed by atoms with Crippen LogP contribution >= 0.6 is 27.5 Å². The summed E-state index contributed by atoms with van der Waals surface area (Å²) < 4.78 is 5.93. The predicted molar refractivity (Wildman–Crippen MR) is 80.0 cm³/mol. The molecular weight excluding hydrogens is 330 g/mol. The van der Waals surface area contributed by atoms with Crippen molar-refractivity contribution in [2.75, 3.05) is 12.8 Å². The van der Waals surface area contributed by atoms with Crippen LogP contribution in [0.2, 0.25) is 5.02 Å². The Labute approximate surface area is 124 Å². The largest absolute Gasteiger partial charge is 0.496 e. The number of benzene rings is 2. The van der Waals surface area contributed by atoms with Gasteiger partial charge >= 0.3 is 0 Å². The van der Waals surface area contributed by atoms with E-state index in [9.17, 15) is 4.79 Å². The third-order valence-electron chi connectivity index (χ3n) is 2.59. The summed E-state index contributed by atoms with van der Waals surface area (Å²) in [6.07, 6.45) is 0. The second-order valence-electron chi connectivity index (χ2n) is 3.95. The Morgan fingerprint density at radius 3 is 2.63 bits per heavy atom. The summed E-state index contributed by atoms with van der Waals surface area (Å²) in [6.45, 7) is 0. The van der Waals surface area contributed by atoms with Crippen molar-refractivity contribution < 1.29 is 9.53 Å². The first-order chi connectivity index (χ1) is 9.01. The van der Waals surface area contributed by atoms with Crippen LogP contribution in [0.4, 0.5) is 5.69 Å². The number of rotatable bonds is 3. The molecule has 2 aromatic carbocycles. The zero-order valence-electron chi connectivity index (χ0n) is 10.1. The molecule has 3 nitrogen and oxygen atoms in total. The van der Waals surface area contributed by atoms with Gasteiger partial charge in [0.2, 0.25) is 0 Å². The van der Waals surface area contributed by atoms with Crippen LogP contribution < -0.4 is 10.5 Å². The Kier molecular flexibility index (Phi) is 4.12. The van der Waals surface area contributed by atoms with E-state index in [-0.39, 0.29) is 5.78 Å². The summed E-state index contributed by atoms with van der Waals surface area (Å²) in [5.41, 5.74) is 7.14. The maximum absolute atomic E-state index is 12.5. The lowest BCUT2D eigenvalue weighted by atomic mass is 10.0. The number of anilines is 1. The lowest BCUT2D eigenvalue weighted by Gasteiger charge is -2.09. The highest BCUT2D eigenvalue weighted by atomic mass is 79.9. The van der Waals surface area contributed by atoms with Crippen molar-refractivity contribution >= 4 is 39.0 Å². The Hall–Kier alpha value is -1.52.